The van der Waals surface area contributed by atoms with Gasteiger partial charge in [0.2, 0.25) is 0 Å². The molecular formula is C14H10BrN3O. The topological polar surface area (TPSA) is 65.8 Å². The van der Waals surface area contributed by atoms with E-state index in [0.717, 1.165) is 5.56 Å². The summed E-state index contributed by atoms with van der Waals surface area (Å²) in [4.78, 5) is 16.1. The summed E-state index contributed by atoms with van der Waals surface area (Å²) in [5.74, 6) is -0.282. The van der Waals surface area contributed by atoms with E-state index in [1.165, 1.54) is 0 Å². The molecule has 0 bridgehead atoms. The molecule has 4 nitrogen and oxygen atoms in total. The fourth-order valence-electron chi connectivity index (χ4n) is 1.58. The molecule has 0 spiro atoms. The summed E-state index contributed by atoms with van der Waals surface area (Å²) in [6.07, 6.45) is 0.318. The first-order valence-electron chi connectivity index (χ1n) is 5.59. The lowest BCUT2D eigenvalue weighted by atomic mass is 10.1. The van der Waals surface area contributed by atoms with Crippen molar-refractivity contribution in [3.8, 4) is 6.07 Å². The molecule has 0 aliphatic carbocycles. The van der Waals surface area contributed by atoms with E-state index >= 15 is 0 Å². The summed E-state index contributed by atoms with van der Waals surface area (Å²) < 4.78 is 0.610. The number of anilines is 1. The highest BCUT2D eigenvalue weighted by Gasteiger charge is 2.08. The van der Waals surface area contributed by atoms with Gasteiger partial charge in [-0.15, -0.1) is 0 Å². The molecule has 0 aliphatic heterocycles. The summed E-state index contributed by atoms with van der Waals surface area (Å²) in [7, 11) is 0. The summed E-state index contributed by atoms with van der Waals surface area (Å²) >= 11 is 3.22. The van der Waals surface area contributed by atoms with E-state index in [1.54, 1.807) is 36.4 Å². The first kappa shape index (κ1) is 13.2. The van der Waals surface area contributed by atoms with Crippen LogP contribution in [0.15, 0.2) is 47.1 Å². The van der Waals surface area contributed by atoms with Crippen molar-refractivity contribution in [3.63, 3.8) is 0 Å². The Labute approximate surface area is 119 Å². The zero-order valence-corrected chi connectivity index (χ0v) is 11.5. The van der Waals surface area contributed by atoms with Gasteiger partial charge in [-0.2, -0.15) is 5.26 Å². The molecule has 1 N–H and O–H groups in total. The summed E-state index contributed by atoms with van der Waals surface area (Å²) in [6.45, 7) is 0. The third-order valence-electron chi connectivity index (χ3n) is 2.42. The Bertz CT molecular complexity index is 649. The Kier molecular flexibility index (Phi) is 4.26. The predicted octanol–water partition coefficient (Wildman–Crippen LogP) is 3.16. The van der Waals surface area contributed by atoms with Crippen LogP contribution in [-0.2, 0) is 6.42 Å². The fourth-order valence-corrected chi connectivity index (χ4v) is 1.92. The fraction of sp³-hybridized carbons (Fsp3) is 0.0714. The van der Waals surface area contributed by atoms with E-state index in [4.69, 9.17) is 5.26 Å². The lowest BCUT2D eigenvalue weighted by Crippen LogP contribution is -2.13. The van der Waals surface area contributed by atoms with E-state index in [9.17, 15) is 4.79 Å². The Morgan fingerprint density at radius 3 is 2.84 bits per heavy atom. The molecule has 1 amide bonds. The number of nitrogens with one attached hydrogen (secondary N) is 1. The second-order valence-electron chi connectivity index (χ2n) is 3.83. The van der Waals surface area contributed by atoms with Gasteiger partial charge in [0.15, 0.2) is 0 Å². The van der Waals surface area contributed by atoms with Crippen LogP contribution in [0.25, 0.3) is 0 Å². The molecule has 2 rings (SSSR count). The van der Waals surface area contributed by atoms with Crippen molar-refractivity contribution in [1.29, 1.82) is 5.26 Å². The maximum Gasteiger partial charge on any atom is 0.274 e. The quantitative estimate of drug-likeness (QED) is 0.885. The molecular weight excluding hydrogens is 306 g/mol. The van der Waals surface area contributed by atoms with Crippen LogP contribution in [0.5, 0.6) is 0 Å². The standard InChI is InChI=1S/C14H10BrN3O/c15-13-6-2-5-12(18-13)14(19)17-11-4-1-3-10(9-11)7-8-16/h1-6,9H,7H2,(H,17,19). The van der Waals surface area contributed by atoms with Crippen molar-refractivity contribution in [2.45, 2.75) is 6.42 Å². The van der Waals surface area contributed by atoms with Gasteiger partial charge in [-0.05, 0) is 45.8 Å². The SMILES string of the molecule is N#CCc1cccc(NC(=O)c2cccc(Br)n2)c1. The highest BCUT2D eigenvalue weighted by atomic mass is 79.9. The highest BCUT2D eigenvalue weighted by molar-refractivity contribution is 9.10. The number of pyridine rings is 1. The molecule has 94 valence electrons. The number of halogens is 1. The average Bonchev–Trinajstić information content (AvgIpc) is 2.39. The number of carbonyl (C=O) groups excluding carboxylic acids is 1. The van der Waals surface area contributed by atoms with Crippen molar-refractivity contribution in [1.82, 2.24) is 4.98 Å². The number of aromatic nitrogens is 1. The number of rotatable bonds is 3. The largest absolute Gasteiger partial charge is 0.321 e. The number of hydrogen-bond donors (Lipinski definition) is 1. The number of carbonyl (C=O) groups is 1. The van der Waals surface area contributed by atoms with E-state index in [1.807, 2.05) is 6.07 Å². The van der Waals surface area contributed by atoms with Crippen molar-refractivity contribution >= 4 is 27.5 Å². The Morgan fingerprint density at radius 1 is 1.32 bits per heavy atom. The van der Waals surface area contributed by atoms with Gasteiger partial charge >= 0.3 is 0 Å². The molecule has 0 radical (unpaired) electrons. The van der Waals surface area contributed by atoms with E-state index in [2.05, 4.69) is 32.3 Å². The highest BCUT2D eigenvalue weighted by Crippen LogP contribution is 2.13. The molecule has 0 saturated carbocycles. The minimum absolute atomic E-state index is 0.282. The minimum atomic E-state index is -0.282. The third kappa shape index (κ3) is 3.63. The molecule has 0 fully saturated rings. The van der Waals surface area contributed by atoms with Gasteiger partial charge in [-0.25, -0.2) is 4.98 Å². The first-order chi connectivity index (χ1) is 9.19. The van der Waals surface area contributed by atoms with Crippen molar-refractivity contribution in [3.05, 3.63) is 58.3 Å². The number of amides is 1. The van der Waals surface area contributed by atoms with Gasteiger partial charge in [0.05, 0.1) is 12.5 Å². The van der Waals surface area contributed by atoms with Crippen LogP contribution in [0.1, 0.15) is 16.1 Å². The first-order valence-corrected chi connectivity index (χ1v) is 6.38. The molecule has 0 saturated heterocycles. The molecule has 0 aliphatic rings. The zero-order valence-electron chi connectivity index (χ0n) is 9.93. The third-order valence-corrected chi connectivity index (χ3v) is 2.86. The smallest absolute Gasteiger partial charge is 0.274 e. The summed E-state index contributed by atoms with van der Waals surface area (Å²) in [5.41, 5.74) is 1.85. The second kappa shape index (κ2) is 6.12. The molecule has 1 aromatic heterocycles. The van der Waals surface area contributed by atoms with Crippen LogP contribution in [0, 0.1) is 11.3 Å². The second-order valence-corrected chi connectivity index (χ2v) is 4.65. The lowest BCUT2D eigenvalue weighted by molar-refractivity contribution is 0.102. The van der Waals surface area contributed by atoms with Crippen LogP contribution in [0.3, 0.4) is 0 Å². The Balaban J connectivity index is 2.15. The van der Waals surface area contributed by atoms with Crippen molar-refractivity contribution < 1.29 is 4.79 Å². The van der Waals surface area contributed by atoms with Crippen molar-refractivity contribution in [2.75, 3.05) is 5.32 Å². The molecule has 5 heteroatoms. The van der Waals surface area contributed by atoms with Gasteiger partial charge in [0.1, 0.15) is 10.3 Å². The van der Waals surface area contributed by atoms with Gasteiger partial charge in [-0.1, -0.05) is 18.2 Å². The van der Waals surface area contributed by atoms with Crippen LogP contribution in [0.2, 0.25) is 0 Å². The van der Waals surface area contributed by atoms with Gasteiger partial charge in [-0.3, -0.25) is 4.79 Å². The molecule has 1 heterocycles. The van der Waals surface area contributed by atoms with Gasteiger partial charge < -0.3 is 5.32 Å². The molecule has 0 atom stereocenters. The van der Waals surface area contributed by atoms with Crippen LogP contribution >= 0.6 is 15.9 Å². The monoisotopic (exact) mass is 315 g/mol. The lowest BCUT2D eigenvalue weighted by Gasteiger charge is -2.06. The number of nitriles is 1. The molecule has 1 aromatic carbocycles. The van der Waals surface area contributed by atoms with Crippen LogP contribution < -0.4 is 5.32 Å². The molecule has 0 unspecified atom stereocenters. The summed E-state index contributed by atoms with van der Waals surface area (Å²) in [6, 6.07) is 14.4. The van der Waals surface area contributed by atoms with E-state index in [-0.39, 0.29) is 5.91 Å². The Morgan fingerprint density at radius 2 is 2.11 bits per heavy atom. The van der Waals surface area contributed by atoms with E-state index < -0.39 is 0 Å². The van der Waals surface area contributed by atoms with Crippen LogP contribution in [-0.4, -0.2) is 10.9 Å². The molecule has 19 heavy (non-hydrogen) atoms. The maximum absolute atomic E-state index is 12.0. The van der Waals surface area contributed by atoms with Gasteiger partial charge in [0.25, 0.3) is 5.91 Å². The van der Waals surface area contributed by atoms with Crippen LogP contribution in [0.4, 0.5) is 5.69 Å². The van der Waals surface area contributed by atoms with Gasteiger partial charge in [0, 0.05) is 5.69 Å². The predicted molar refractivity (Wildman–Crippen MR) is 75.6 cm³/mol. The van der Waals surface area contributed by atoms with E-state index in [0.29, 0.717) is 22.4 Å². The average molecular weight is 316 g/mol. The van der Waals surface area contributed by atoms with Crippen molar-refractivity contribution in [2.24, 2.45) is 0 Å². The molecule has 2 aromatic rings. The maximum atomic E-state index is 12.0. The number of hydrogen-bond acceptors (Lipinski definition) is 3. The Hall–Kier alpha value is -2.19. The summed E-state index contributed by atoms with van der Waals surface area (Å²) in [5, 5.41) is 11.4. The zero-order chi connectivity index (χ0) is 13.7. The number of nitrogens with zero attached hydrogens (tertiary/aromatic N) is 2. The number of benzene rings is 1. The normalized spacial score (nSPS) is 9.68. The minimum Gasteiger partial charge on any atom is -0.321 e.